The van der Waals surface area contributed by atoms with E-state index in [1.807, 2.05) is 0 Å². The van der Waals surface area contributed by atoms with E-state index < -0.39 is 39.9 Å². The van der Waals surface area contributed by atoms with E-state index in [1.165, 1.54) is 17.0 Å². The summed E-state index contributed by atoms with van der Waals surface area (Å²) in [4.78, 5) is 25.9. The standard InChI is InChI=1S/C21H20F3NO7S/c1-12(21(22,23)24)31-18-8-7-13(33(3,28)29)11-15(18)19(26)25-10-9-14-16(25)5-4-6-17(14)32-20(27)30-2/h4-8,11-12H,9-10H2,1-3H3/t12-/m0/s1. The first-order valence-electron chi connectivity index (χ1n) is 9.60. The molecule has 0 spiro atoms. The van der Waals surface area contributed by atoms with E-state index in [4.69, 9.17) is 9.47 Å². The third-order valence-electron chi connectivity index (χ3n) is 4.96. The second-order valence-corrected chi connectivity index (χ2v) is 9.26. The van der Waals surface area contributed by atoms with Crippen molar-refractivity contribution < 1.29 is 45.4 Å². The van der Waals surface area contributed by atoms with Crippen molar-refractivity contribution in [3.8, 4) is 11.5 Å². The van der Waals surface area contributed by atoms with Crippen LogP contribution >= 0.6 is 0 Å². The van der Waals surface area contributed by atoms with Crippen LogP contribution in [0.5, 0.6) is 11.5 Å². The fourth-order valence-corrected chi connectivity index (χ4v) is 3.90. The molecule has 0 aromatic heterocycles. The number of carbonyl (C=O) groups is 2. The molecule has 2 aromatic rings. The van der Waals surface area contributed by atoms with Crippen LogP contribution in [0.4, 0.5) is 23.7 Å². The molecule has 0 bridgehead atoms. The summed E-state index contributed by atoms with van der Waals surface area (Å²) in [6, 6.07) is 7.70. The monoisotopic (exact) mass is 487 g/mol. The Kier molecular flexibility index (Phi) is 6.59. The smallest absolute Gasteiger partial charge is 0.480 e. The van der Waals surface area contributed by atoms with Gasteiger partial charge in [0.15, 0.2) is 15.9 Å². The molecule has 0 aliphatic carbocycles. The van der Waals surface area contributed by atoms with Gasteiger partial charge in [-0.25, -0.2) is 13.2 Å². The number of anilines is 1. The van der Waals surface area contributed by atoms with Gasteiger partial charge in [-0.15, -0.1) is 0 Å². The van der Waals surface area contributed by atoms with Gasteiger partial charge in [0.05, 0.1) is 23.3 Å². The molecule has 1 atom stereocenters. The number of ether oxygens (including phenoxy) is 3. The third-order valence-corrected chi connectivity index (χ3v) is 6.07. The fraction of sp³-hybridized carbons (Fsp3) is 0.333. The number of halogens is 3. The van der Waals surface area contributed by atoms with E-state index in [2.05, 4.69) is 4.74 Å². The van der Waals surface area contributed by atoms with Crippen LogP contribution in [0.2, 0.25) is 0 Å². The van der Waals surface area contributed by atoms with Crippen molar-refractivity contribution in [3.63, 3.8) is 0 Å². The molecule has 2 aromatic carbocycles. The first kappa shape index (κ1) is 24.4. The Labute approximate surface area is 187 Å². The van der Waals surface area contributed by atoms with Gasteiger partial charge in [0.2, 0.25) is 0 Å². The lowest BCUT2D eigenvalue weighted by Gasteiger charge is -2.23. The largest absolute Gasteiger partial charge is 0.513 e. The van der Waals surface area contributed by atoms with Crippen LogP contribution in [0, 0.1) is 0 Å². The molecule has 1 aliphatic heterocycles. The van der Waals surface area contributed by atoms with Gasteiger partial charge in [0.25, 0.3) is 5.91 Å². The molecule has 33 heavy (non-hydrogen) atoms. The number of nitrogens with zero attached hydrogens (tertiary/aromatic N) is 1. The Morgan fingerprint density at radius 2 is 1.82 bits per heavy atom. The summed E-state index contributed by atoms with van der Waals surface area (Å²) in [5.74, 6) is -1.01. The van der Waals surface area contributed by atoms with E-state index in [-0.39, 0.29) is 29.2 Å². The van der Waals surface area contributed by atoms with Crippen molar-refractivity contribution in [2.45, 2.75) is 30.5 Å². The molecule has 0 unspecified atom stereocenters. The van der Waals surface area contributed by atoms with E-state index in [0.717, 1.165) is 38.5 Å². The van der Waals surface area contributed by atoms with E-state index in [0.29, 0.717) is 11.3 Å². The van der Waals surface area contributed by atoms with Crippen molar-refractivity contribution in [3.05, 3.63) is 47.5 Å². The summed E-state index contributed by atoms with van der Waals surface area (Å²) in [6.07, 6.45) is -6.69. The van der Waals surface area contributed by atoms with E-state index in [1.54, 1.807) is 6.07 Å². The zero-order valence-electron chi connectivity index (χ0n) is 17.8. The molecule has 8 nitrogen and oxygen atoms in total. The number of hydrogen-bond donors (Lipinski definition) is 0. The molecule has 0 saturated carbocycles. The van der Waals surface area contributed by atoms with Gasteiger partial charge in [-0.2, -0.15) is 13.2 Å². The number of carbonyl (C=O) groups excluding carboxylic acids is 2. The second-order valence-electron chi connectivity index (χ2n) is 7.25. The number of hydrogen-bond acceptors (Lipinski definition) is 7. The molecule has 1 aliphatic rings. The summed E-state index contributed by atoms with van der Waals surface area (Å²) in [6.45, 7) is 0.896. The number of benzene rings is 2. The molecule has 0 N–H and O–H groups in total. The quantitative estimate of drug-likeness (QED) is 0.468. The van der Waals surface area contributed by atoms with Gasteiger partial charge in [-0.3, -0.25) is 4.79 Å². The number of amides is 1. The maximum Gasteiger partial charge on any atom is 0.513 e. The molecule has 0 radical (unpaired) electrons. The first-order chi connectivity index (χ1) is 15.3. The average Bonchev–Trinajstić information content (AvgIpc) is 3.17. The van der Waals surface area contributed by atoms with Crippen LogP contribution in [0.25, 0.3) is 0 Å². The fourth-order valence-electron chi connectivity index (χ4n) is 3.25. The zero-order chi connectivity index (χ0) is 24.6. The summed E-state index contributed by atoms with van der Waals surface area (Å²) in [5.41, 5.74) is 0.531. The first-order valence-corrected chi connectivity index (χ1v) is 11.5. The van der Waals surface area contributed by atoms with Crippen molar-refractivity contribution in [2.75, 3.05) is 24.8 Å². The van der Waals surface area contributed by atoms with E-state index in [9.17, 15) is 31.2 Å². The minimum absolute atomic E-state index is 0.118. The lowest BCUT2D eigenvalue weighted by atomic mass is 10.1. The SMILES string of the molecule is COC(=O)Oc1cccc2c1CCN2C(=O)c1cc(S(C)(=O)=O)ccc1O[C@@H](C)C(F)(F)F. The molecule has 0 fully saturated rings. The summed E-state index contributed by atoms with van der Waals surface area (Å²) >= 11 is 0. The Morgan fingerprint density at radius 3 is 2.42 bits per heavy atom. The van der Waals surface area contributed by atoms with Crippen LogP contribution in [0.1, 0.15) is 22.8 Å². The Hall–Kier alpha value is -3.28. The molecule has 0 saturated heterocycles. The molecule has 178 valence electrons. The van der Waals surface area contributed by atoms with Gasteiger partial charge < -0.3 is 19.1 Å². The van der Waals surface area contributed by atoms with Crippen LogP contribution in [-0.2, 0) is 21.0 Å². The van der Waals surface area contributed by atoms with Gasteiger partial charge in [0.1, 0.15) is 11.5 Å². The van der Waals surface area contributed by atoms with Gasteiger partial charge in [0, 0.05) is 18.4 Å². The van der Waals surface area contributed by atoms with Gasteiger partial charge >= 0.3 is 12.3 Å². The molecular weight excluding hydrogens is 467 g/mol. The van der Waals surface area contributed by atoms with Crippen LogP contribution in [0.15, 0.2) is 41.3 Å². The zero-order valence-corrected chi connectivity index (χ0v) is 18.6. The van der Waals surface area contributed by atoms with Crippen molar-refractivity contribution >= 4 is 27.6 Å². The predicted octanol–water partition coefficient (Wildman–Crippen LogP) is 3.77. The molecule has 1 heterocycles. The number of sulfone groups is 1. The topological polar surface area (TPSA) is 99.2 Å². The average molecular weight is 487 g/mol. The minimum Gasteiger partial charge on any atom is -0.480 e. The highest BCUT2D eigenvalue weighted by Crippen LogP contribution is 2.38. The lowest BCUT2D eigenvalue weighted by Crippen LogP contribution is -2.33. The van der Waals surface area contributed by atoms with Crippen LogP contribution in [-0.4, -0.2) is 52.7 Å². The number of methoxy groups -OCH3 is 1. The highest BCUT2D eigenvalue weighted by molar-refractivity contribution is 7.90. The molecule has 12 heteroatoms. The van der Waals surface area contributed by atoms with E-state index >= 15 is 0 Å². The van der Waals surface area contributed by atoms with Gasteiger partial charge in [-0.05, 0) is 43.7 Å². The highest BCUT2D eigenvalue weighted by atomic mass is 32.2. The number of fused-ring (bicyclic) bond motifs is 1. The van der Waals surface area contributed by atoms with Crippen molar-refractivity contribution in [1.29, 1.82) is 0 Å². The second kappa shape index (κ2) is 8.93. The number of rotatable bonds is 5. The molecule has 3 rings (SSSR count). The van der Waals surface area contributed by atoms with Crippen LogP contribution in [0.3, 0.4) is 0 Å². The minimum atomic E-state index is -4.70. The summed E-state index contributed by atoms with van der Waals surface area (Å²) in [5, 5.41) is 0. The van der Waals surface area contributed by atoms with Crippen molar-refractivity contribution in [1.82, 2.24) is 0 Å². The maximum absolute atomic E-state index is 13.4. The highest BCUT2D eigenvalue weighted by Gasteiger charge is 2.39. The Bertz CT molecular complexity index is 1190. The molecule has 1 amide bonds. The Balaban J connectivity index is 2.04. The maximum atomic E-state index is 13.4. The predicted molar refractivity (Wildman–Crippen MR) is 111 cm³/mol. The van der Waals surface area contributed by atoms with Crippen molar-refractivity contribution in [2.24, 2.45) is 0 Å². The number of alkyl halides is 3. The third kappa shape index (κ3) is 5.21. The molecular formula is C21H20F3NO7S. The van der Waals surface area contributed by atoms with Gasteiger partial charge in [-0.1, -0.05) is 6.07 Å². The van der Waals surface area contributed by atoms with Crippen LogP contribution < -0.4 is 14.4 Å². The summed E-state index contributed by atoms with van der Waals surface area (Å²) in [7, 11) is -2.62. The Morgan fingerprint density at radius 1 is 1.12 bits per heavy atom. The normalized spacial score (nSPS) is 14.4. The summed E-state index contributed by atoms with van der Waals surface area (Å²) < 4.78 is 77.7. The lowest BCUT2D eigenvalue weighted by molar-refractivity contribution is -0.189.